The summed E-state index contributed by atoms with van der Waals surface area (Å²) in [6.07, 6.45) is 7.49. The van der Waals surface area contributed by atoms with Crippen molar-refractivity contribution >= 4 is 15.7 Å². The van der Waals surface area contributed by atoms with E-state index in [0.29, 0.717) is 17.7 Å². The molecule has 1 saturated carbocycles. The second-order valence-electron chi connectivity index (χ2n) is 7.21. The number of aryl methyl sites for hydroxylation is 1. The van der Waals surface area contributed by atoms with Gasteiger partial charge in [-0.15, -0.1) is 0 Å². The molecule has 1 aromatic rings. The molecule has 2 fully saturated rings. The summed E-state index contributed by atoms with van der Waals surface area (Å²) in [5.41, 5.74) is 2.08. The minimum Gasteiger partial charge on any atom is -0.349 e. The molecule has 0 radical (unpaired) electrons. The average molecular weight is 353 g/mol. The van der Waals surface area contributed by atoms with Crippen molar-refractivity contribution in [3.05, 3.63) is 17.0 Å². The van der Waals surface area contributed by atoms with Crippen LogP contribution in [0, 0.1) is 13.8 Å². The van der Waals surface area contributed by atoms with Crippen molar-refractivity contribution in [2.24, 2.45) is 0 Å². The van der Waals surface area contributed by atoms with Crippen molar-refractivity contribution < 1.29 is 13.2 Å². The Labute approximate surface area is 143 Å². The zero-order valence-corrected chi connectivity index (χ0v) is 15.4. The fourth-order valence-corrected chi connectivity index (χ4v) is 5.69. The smallest absolute Gasteiger partial charge is 0.255 e. The van der Waals surface area contributed by atoms with Gasteiger partial charge in [-0.3, -0.25) is 9.48 Å². The molecule has 1 amide bonds. The van der Waals surface area contributed by atoms with Crippen LogP contribution in [0.3, 0.4) is 0 Å². The minimum absolute atomic E-state index is 0.0657. The van der Waals surface area contributed by atoms with Crippen molar-refractivity contribution in [3.8, 4) is 0 Å². The Bertz CT molecular complexity index is 716. The standard InChI is InChI=1S/C17H27N3O3S/c1-12-16(17(21)18-14-7-5-3-4-6-8-14)13(2)20(19-12)15-9-10-24(22,23)11-15/h14-15H,3-11H2,1-2H3,(H,18,21)/t15-/m1/s1. The van der Waals surface area contributed by atoms with Gasteiger partial charge in [-0.2, -0.15) is 5.10 Å². The Kier molecular flexibility index (Phi) is 4.99. The zero-order chi connectivity index (χ0) is 17.3. The summed E-state index contributed by atoms with van der Waals surface area (Å²) in [5.74, 6) is 0.266. The Hall–Kier alpha value is -1.37. The van der Waals surface area contributed by atoms with Crippen molar-refractivity contribution in [1.82, 2.24) is 15.1 Å². The number of hydrogen-bond acceptors (Lipinski definition) is 4. The number of amides is 1. The molecule has 7 heteroatoms. The van der Waals surface area contributed by atoms with Gasteiger partial charge in [0.2, 0.25) is 0 Å². The Morgan fingerprint density at radius 3 is 2.38 bits per heavy atom. The largest absolute Gasteiger partial charge is 0.349 e. The number of carbonyl (C=O) groups excluding carboxylic acids is 1. The molecule has 1 N–H and O–H groups in total. The van der Waals surface area contributed by atoms with Gasteiger partial charge in [-0.1, -0.05) is 25.7 Å². The number of hydrogen-bond donors (Lipinski definition) is 1. The monoisotopic (exact) mass is 353 g/mol. The van der Waals surface area contributed by atoms with E-state index in [4.69, 9.17) is 0 Å². The van der Waals surface area contributed by atoms with Crippen LogP contribution in [-0.2, 0) is 9.84 Å². The molecule has 1 saturated heterocycles. The number of carbonyl (C=O) groups is 1. The quantitative estimate of drug-likeness (QED) is 0.846. The number of nitrogens with one attached hydrogen (secondary N) is 1. The summed E-state index contributed by atoms with van der Waals surface area (Å²) >= 11 is 0. The third kappa shape index (κ3) is 3.66. The molecule has 1 aromatic heterocycles. The molecule has 0 bridgehead atoms. The van der Waals surface area contributed by atoms with E-state index in [1.165, 1.54) is 25.7 Å². The summed E-state index contributed by atoms with van der Waals surface area (Å²) < 4.78 is 25.2. The Morgan fingerprint density at radius 1 is 1.12 bits per heavy atom. The molecule has 24 heavy (non-hydrogen) atoms. The van der Waals surface area contributed by atoms with E-state index in [2.05, 4.69) is 10.4 Å². The molecule has 2 aliphatic rings. The van der Waals surface area contributed by atoms with E-state index < -0.39 is 9.84 Å². The highest BCUT2D eigenvalue weighted by Crippen LogP contribution is 2.27. The number of sulfone groups is 1. The maximum atomic E-state index is 12.7. The lowest BCUT2D eigenvalue weighted by molar-refractivity contribution is 0.0932. The van der Waals surface area contributed by atoms with E-state index in [0.717, 1.165) is 18.5 Å². The SMILES string of the molecule is Cc1nn([C@@H]2CCS(=O)(=O)C2)c(C)c1C(=O)NC1CCCCCC1. The van der Waals surface area contributed by atoms with Crippen LogP contribution in [0.4, 0.5) is 0 Å². The van der Waals surface area contributed by atoms with Gasteiger partial charge in [0, 0.05) is 11.7 Å². The van der Waals surface area contributed by atoms with Crippen molar-refractivity contribution in [1.29, 1.82) is 0 Å². The highest BCUT2D eigenvalue weighted by Gasteiger charge is 2.32. The highest BCUT2D eigenvalue weighted by atomic mass is 32.2. The van der Waals surface area contributed by atoms with E-state index in [9.17, 15) is 13.2 Å². The maximum absolute atomic E-state index is 12.7. The summed E-state index contributed by atoms with van der Waals surface area (Å²) in [4.78, 5) is 12.7. The van der Waals surface area contributed by atoms with Gasteiger partial charge in [-0.05, 0) is 33.1 Å². The molecule has 0 aromatic carbocycles. The summed E-state index contributed by atoms with van der Waals surface area (Å²) in [6, 6.07) is 0.0992. The molecular weight excluding hydrogens is 326 g/mol. The van der Waals surface area contributed by atoms with Gasteiger partial charge in [0.05, 0.1) is 28.8 Å². The predicted octanol–water partition coefficient (Wildman–Crippen LogP) is 2.31. The zero-order valence-electron chi connectivity index (χ0n) is 14.5. The molecule has 1 aliphatic carbocycles. The number of rotatable bonds is 3. The lowest BCUT2D eigenvalue weighted by atomic mass is 10.1. The van der Waals surface area contributed by atoms with Crippen LogP contribution in [0.25, 0.3) is 0 Å². The predicted molar refractivity (Wildman–Crippen MR) is 93.0 cm³/mol. The first-order valence-electron chi connectivity index (χ1n) is 8.94. The van der Waals surface area contributed by atoms with Crippen molar-refractivity contribution in [2.45, 2.75) is 70.9 Å². The van der Waals surface area contributed by atoms with E-state index >= 15 is 0 Å². The lowest BCUT2D eigenvalue weighted by Crippen LogP contribution is -2.35. The normalized spacial score (nSPS) is 24.7. The summed E-state index contributed by atoms with van der Waals surface area (Å²) in [5, 5.41) is 7.65. The topological polar surface area (TPSA) is 81.1 Å². The molecule has 6 nitrogen and oxygen atoms in total. The number of nitrogens with zero attached hydrogens (tertiary/aromatic N) is 2. The Balaban J connectivity index is 1.77. The van der Waals surface area contributed by atoms with E-state index in [1.54, 1.807) is 4.68 Å². The van der Waals surface area contributed by atoms with Crippen LogP contribution in [0.1, 0.15) is 72.7 Å². The van der Waals surface area contributed by atoms with Crippen molar-refractivity contribution in [2.75, 3.05) is 11.5 Å². The fraction of sp³-hybridized carbons (Fsp3) is 0.765. The molecular formula is C17H27N3O3S. The first kappa shape index (κ1) is 17.5. The summed E-state index contributed by atoms with van der Waals surface area (Å²) in [6.45, 7) is 3.70. The van der Waals surface area contributed by atoms with Gasteiger partial charge in [0.15, 0.2) is 9.84 Å². The molecule has 1 aliphatic heterocycles. The third-order valence-corrected chi connectivity index (χ3v) is 7.05. The first-order chi connectivity index (χ1) is 11.4. The maximum Gasteiger partial charge on any atom is 0.255 e. The van der Waals surface area contributed by atoms with Crippen LogP contribution in [0.2, 0.25) is 0 Å². The molecule has 0 unspecified atom stereocenters. The molecule has 3 rings (SSSR count). The van der Waals surface area contributed by atoms with Gasteiger partial charge < -0.3 is 5.32 Å². The first-order valence-corrected chi connectivity index (χ1v) is 10.8. The molecule has 134 valence electrons. The van der Waals surface area contributed by atoms with Gasteiger partial charge in [0.1, 0.15) is 0 Å². The Morgan fingerprint density at radius 2 is 1.79 bits per heavy atom. The van der Waals surface area contributed by atoms with Gasteiger partial charge in [-0.25, -0.2) is 8.42 Å². The van der Waals surface area contributed by atoms with Crippen LogP contribution in [0.15, 0.2) is 0 Å². The van der Waals surface area contributed by atoms with E-state index in [1.807, 2.05) is 13.8 Å². The highest BCUT2D eigenvalue weighted by molar-refractivity contribution is 7.91. The fourth-order valence-electron chi connectivity index (χ4n) is 4.00. The summed E-state index contributed by atoms with van der Waals surface area (Å²) in [7, 11) is -2.97. The van der Waals surface area contributed by atoms with Crippen LogP contribution in [-0.4, -0.2) is 41.7 Å². The van der Waals surface area contributed by atoms with Crippen LogP contribution < -0.4 is 5.32 Å². The van der Waals surface area contributed by atoms with Crippen LogP contribution >= 0.6 is 0 Å². The van der Waals surface area contributed by atoms with Crippen molar-refractivity contribution in [3.63, 3.8) is 0 Å². The number of aromatic nitrogens is 2. The second kappa shape index (κ2) is 6.86. The minimum atomic E-state index is -2.97. The molecule has 0 spiro atoms. The van der Waals surface area contributed by atoms with E-state index in [-0.39, 0.29) is 29.5 Å². The van der Waals surface area contributed by atoms with Gasteiger partial charge >= 0.3 is 0 Å². The van der Waals surface area contributed by atoms with Gasteiger partial charge in [0.25, 0.3) is 5.91 Å². The third-order valence-electron chi connectivity index (χ3n) is 5.30. The average Bonchev–Trinajstić information content (AvgIpc) is 2.88. The lowest BCUT2D eigenvalue weighted by Gasteiger charge is -2.16. The van der Waals surface area contributed by atoms with Crippen LogP contribution in [0.5, 0.6) is 0 Å². The second-order valence-corrected chi connectivity index (χ2v) is 9.44. The molecule has 1 atom stereocenters. The molecule has 2 heterocycles.